The van der Waals surface area contributed by atoms with Crippen molar-refractivity contribution >= 4 is 11.7 Å². The van der Waals surface area contributed by atoms with Gasteiger partial charge in [0.05, 0.1) is 12.3 Å². The molecular weight excluding hydrogens is 251 g/mol. The largest absolute Gasteiger partial charge is 0.478 e. The van der Waals surface area contributed by atoms with Gasteiger partial charge in [-0.25, -0.2) is 18.0 Å². The van der Waals surface area contributed by atoms with Gasteiger partial charge in [-0.3, -0.25) is 0 Å². The van der Waals surface area contributed by atoms with Crippen LogP contribution in [0.15, 0.2) is 18.2 Å². The van der Waals surface area contributed by atoms with E-state index in [9.17, 15) is 18.0 Å². The standard InChI is InChI=1S/C11H12F3NO3/c12-7-2-1-3-8(10(7)11(16)17)15-4-5-18-6-9(13)14/h1-3,9,15H,4-6H2,(H,16,17). The molecule has 2 N–H and O–H groups in total. The van der Waals surface area contributed by atoms with Gasteiger partial charge in [0, 0.05) is 6.54 Å². The minimum Gasteiger partial charge on any atom is -0.478 e. The van der Waals surface area contributed by atoms with E-state index in [0.29, 0.717) is 0 Å². The van der Waals surface area contributed by atoms with E-state index in [-0.39, 0.29) is 18.8 Å². The number of benzene rings is 1. The molecule has 0 spiro atoms. The van der Waals surface area contributed by atoms with E-state index in [1.54, 1.807) is 0 Å². The Kier molecular flexibility index (Phi) is 5.44. The lowest BCUT2D eigenvalue weighted by atomic mass is 10.1. The zero-order chi connectivity index (χ0) is 13.5. The fourth-order valence-electron chi connectivity index (χ4n) is 1.32. The summed E-state index contributed by atoms with van der Waals surface area (Å²) in [5, 5.41) is 11.4. The van der Waals surface area contributed by atoms with Crippen LogP contribution >= 0.6 is 0 Å². The van der Waals surface area contributed by atoms with Crippen molar-refractivity contribution in [3.05, 3.63) is 29.6 Å². The predicted molar refractivity (Wildman–Crippen MR) is 58.7 cm³/mol. The van der Waals surface area contributed by atoms with Crippen molar-refractivity contribution in [3.63, 3.8) is 0 Å². The summed E-state index contributed by atoms with van der Waals surface area (Å²) in [7, 11) is 0. The molecule has 0 amide bonds. The van der Waals surface area contributed by atoms with Crippen LogP contribution in [-0.2, 0) is 4.74 Å². The Morgan fingerprint density at radius 2 is 2.17 bits per heavy atom. The van der Waals surface area contributed by atoms with Crippen LogP contribution in [0.25, 0.3) is 0 Å². The summed E-state index contributed by atoms with van der Waals surface area (Å²) in [4.78, 5) is 10.8. The zero-order valence-corrected chi connectivity index (χ0v) is 9.33. The molecule has 0 saturated heterocycles. The van der Waals surface area contributed by atoms with Crippen molar-refractivity contribution in [2.24, 2.45) is 0 Å². The molecule has 0 aliphatic rings. The van der Waals surface area contributed by atoms with Crippen molar-refractivity contribution < 1.29 is 27.8 Å². The SMILES string of the molecule is O=C(O)c1c(F)cccc1NCCOCC(F)F. The fraction of sp³-hybridized carbons (Fsp3) is 0.364. The third-order valence-electron chi connectivity index (χ3n) is 2.03. The lowest BCUT2D eigenvalue weighted by molar-refractivity contribution is 0.0215. The van der Waals surface area contributed by atoms with E-state index in [2.05, 4.69) is 10.1 Å². The van der Waals surface area contributed by atoms with Crippen LogP contribution < -0.4 is 5.32 Å². The Morgan fingerprint density at radius 3 is 2.78 bits per heavy atom. The Balaban J connectivity index is 2.52. The van der Waals surface area contributed by atoms with Gasteiger partial charge in [-0.15, -0.1) is 0 Å². The summed E-state index contributed by atoms with van der Waals surface area (Å²) in [6.45, 7) is -0.604. The quantitative estimate of drug-likeness (QED) is 0.740. The van der Waals surface area contributed by atoms with Crippen molar-refractivity contribution in [2.75, 3.05) is 25.1 Å². The van der Waals surface area contributed by atoms with Gasteiger partial charge in [-0.1, -0.05) is 6.07 Å². The smallest absolute Gasteiger partial charge is 0.340 e. The number of hydrogen-bond acceptors (Lipinski definition) is 3. The van der Waals surface area contributed by atoms with Crippen LogP contribution in [0.2, 0.25) is 0 Å². The lowest BCUT2D eigenvalue weighted by Gasteiger charge is -2.10. The Morgan fingerprint density at radius 1 is 1.44 bits per heavy atom. The number of aromatic carboxylic acids is 1. The number of carboxylic acids is 1. The molecule has 0 radical (unpaired) electrons. The molecule has 0 unspecified atom stereocenters. The van der Waals surface area contributed by atoms with Crippen LogP contribution in [0.5, 0.6) is 0 Å². The number of nitrogens with one attached hydrogen (secondary N) is 1. The molecule has 0 atom stereocenters. The maximum atomic E-state index is 13.2. The van der Waals surface area contributed by atoms with Gasteiger partial charge in [0.15, 0.2) is 0 Å². The Bertz CT molecular complexity index is 413. The summed E-state index contributed by atoms with van der Waals surface area (Å²) in [6.07, 6.45) is -2.55. The maximum Gasteiger partial charge on any atom is 0.340 e. The number of hydrogen-bond donors (Lipinski definition) is 2. The molecule has 0 aliphatic carbocycles. The molecule has 18 heavy (non-hydrogen) atoms. The number of anilines is 1. The van der Waals surface area contributed by atoms with Crippen LogP contribution in [0.4, 0.5) is 18.9 Å². The first kappa shape index (κ1) is 14.3. The first-order chi connectivity index (χ1) is 8.52. The maximum absolute atomic E-state index is 13.2. The number of alkyl halides is 2. The third-order valence-corrected chi connectivity index (χ3v) is 2.03. The molecule has 1 rings (SSSR count). The van der Waals surface area contributed by atoms with Gasteiger partial charge in [-0.05, 0) is 12.1 Å². The number of ether oxygens (including phenoxy) is 1. The van der Waals surface area contributed by atoms with Crippen LogP contribution in [0.3, 0.4) is 0 Å². The summed E-state index contributed by atoms with van der Waals surface area (Å²) < 4.78 is 41.3. The first-order valence-electron chi connectivity index (χ1n) is 5.14. The Labute approximate surface area is 101 Å². The van der Waals surface area contributed by atoms with Gasteiger partial charge in [0.25, 0.3) is 6.43 Å². The molecular formula is C11H12F3NO3. The minimum absolute atomic E-state index is 0.0279. The highest BCUT2D eigenvalue weighted by atomic mass is 19.3. The zero-order valence-electron chi connectivity index (χ0n) is 9.33. The molecule has 0 bridgehead atoms. The third kappa shape index (κ3) is 4.25. The molecule has 0 saturated carbocycles. The fourth-order valence-corrected chi connectivity index (χ4v) is 1.32. The van der Waals surface area contributed by atoms with Crippen LogP contribution in [0.1, 0.15) is 10.4 Å². The minimum atomic E-state index is -2.55. The molecule has 0 aromatic heterocycles. The highest BCUT2D eigenvalue weighted by Gasteiger charge is 2.15. The Hall–Kier alpha value is -1.76. The second-order valence-electron chi connectivity index (χ2n) is 3.36. The average molecular weight is 263 g/mol. The van der Waals surface area contributed by atoms with Gasteiger partial charge >= 0.3 is 5.97 Å². The molecule has 1 aromatic carbocycles. The molecule has 0 fully saturated rings. The summed E-state index contributed by atoms with van der Waals surface area (Å²) in [5.41, 5.74) is -0.394. The van der Waals surface area contributed by atoms with E-state index in [0.717, 1.165) is 6.07 Å². The molecule has 100 valence electrons. The second-order valence-corrected chi connectivity index (χ2v) is 3.36. The molecule has 0 heterocycles. The van der Waals surface area contributed by atoms with E-state index in [4.69, 9.17) is 5.11 Å². The van der Waals surface area contributed by atoms with E-state index >= 15 is 0 Å². The van der Waals surface area contributed by atoms with Gasteiger partial charge in [0.2, 0.25) is 0 Å². The van der Waals surface area contributed by atoms with Gasteiger partial charge < -0.3 is 15.2 Å². The number of rotatable bonds is 7. The van der Waals surface area contributed by atoms with Crippen LogP contribution in [0, 0.1) is 5.82 Å². The first-order valence-corrected chi connectivity index (χ1v) is 5.14. The van der Waals surface area contributed by atoms with E-state index < -0.39 is 30.4 Å². The molecule has 0 aliphatic heterocycles. The van der Waals surface area contributed by atoms with E-state index in [1.165, 1.54) is 12.1 Å². The van der Waals surface area contributed by atoms with Gasteiger partial charge in [-0.2, -0.15) is 0 Å². The molecule has 4 nitrogen and oxygen atoms in total. The predicted octanol–water partition coefficient (Wildman–Crippen LogP) is 2.22. The average Bonchev–Trinajstić information content (AvgIpc) is 2.27. The van der Waals surface area contributed by atoms with Crippen LogP contribution in [-0.4, -0.2) is 37.3 Å². The number of halogens is 3. The highest BCUT2D eigenvalue weighted by Crippen LogP contribution is 2.18. The molecule has 7 heteroatoms. The normalized spacial score (nSPS) is 10.7. The monoisotopic (exact) mass is 263 g/mol. The summed E-state index contributed by atoms with van der Waals surface area (Å²) >= 11 is 0. The topological polar surface area (TPSA) is 58.6 Å². The van der Waals surface area contributed by atoms with Gasteiger partial charge in [0.1, 0.15) is 18.0 Å². The second kappa shape index (κ2) is 6.85. The van der Waals surface area contributed by atoms with Crippen molar-refractivity contribution in [1.29, 1.82) is 0 Å². The number of carboxylic acid groups (broad SMARTS) is 1. The summed E-state index contributed by atoms with van der Waals surface area (Å²) in [6, 6.07) is 3.77. The van der Waals surface area contributed by atoms with Crippen molar-refractivity contribution in [2.45, 2.75) is 6.43 Å². The van der Waals surface area contributed by atoms with Crippen molar-refractivity contribution in [3.8, 4) is 0 Å². The van der Waals surface area contributed by atoms with E-state index in [1.807, 2.05) is 0 Å². The summed E-state index contributed by atoms with van der Waals surface area (Å²) in [5.74, 6) is -2.26. The molecule has 1 aromatic rings. The lowest BCUT2D eigenvalue weighted by Crippen LogP contribution is -2.15. The highest BCUT2D eigenvalue weighted by molar-refractivity contribution is 5.94. The van der Waals surface area contributed by atoms with Crippen molar-refractivity contribution in [1.82, 2.24) is 0 Å². The number of carbonyl (C=O) groups is 1.